The van der Waals surface area contributed by atoms with Gasteiger partial charge in [-0.3, -0.25) is 19.7 Å². The van der Waals surface area contributed by atoms with Crippen LogP contribution in [0.2, 0.25) is 0 Å². The van der Waals surface area contributed by atoms with E-state index < -0.39 is 22.5 Å². The van der Waals surface area contributed by atoms with Crippen molar-refractivity contribution in [3.63, 3.8) is 0 Å². The van der Waals surface area contributed by atoms with Gasteiger partial charge in [0.05, 0.1) is 10.5 Å². The van der Waals surface area contributed by atoms with E-state index in [0.29, 0.717) is 32.5 Å². The zero-order valence-electron chi connectivity index (χ0n) is 16.1. The van der Waals surface area contributed by atoms with Gasteiger partial charge in [-0.05, 0) is 25.3 Å². The second kappa shape index (κ2) is 9.29. The maximum atomic E-state index is 12.7. The molecule has 9 nitrogen and oxygen atoms in total. The van der Waals surface area contributed by atoms with Crippen LogP contribution in [-0.4, -0.2) is 64.3 Å². The average Bonchev–Trinajstić information content (AvgIpc) is 2.70. The monoisotopic (exact) mass is 391 g/mol. The smallest absolute Gasteiger partial charge is 0.335 e. The lowest BCUT2D eigenvalue weighted by molar-refractivity contribution is -0.384. The molecule has 1 aliphatic rings. The molecule has 0 unspecified atom stereocenters. The normalized spacial score (nSPS) is 14.6. The number of amides is 2. The van der Waals surface area contributed by atoms with Crippen molar-refractivity contribution in [3.8, 4) is 0 Å². The number of rotatable bonds is 7. The number of piperidine rings is 1. The van der Waals surface area contributed by atoms with Crippen LogP contribution in [0.1, 0.15) is 53.3 Å². The molecule has 0 spiro atoms. The Morgan fingerprint density at radius 3 is 2.36 bits per heavy atom. The molecule has 9 heteroatoms. The zero-order chi connectivity index (χ0) is 20.8. The topological polar surface area (TPSA) is 121 Å². The van der Waals surface area contributed by atoms with Crippen molar-refractivity contribution >= 4 is 23.5 Å². The van der Waals surface area contributed by atoms with E-state index in [0.717, 1.165) is 31.0 Å². The molecule has 1 saturated heterocycles. The summed E-state index contributed by atoms with van der Waals surface area (Å²) >= 11 is 0. The number of carboxylic acid groups (broad SMARTS) is 1. The molecular formula is C19H25N3O6. The molecule has 2 rings (SSSR count). The number of nitro benzene ring substituents is 1. The van der Waals surface area contributed by atoms with Gasteiger partial charge < -0.3 is 14.9 Å². The van der Waals surface area contributed by atoms with E-state index in [1.807, 2.05) is 0 Å². The lowest BCUT2D eigenvalue weighted by Gasteiger charge is -2.33. The average molecular weight is 391 g/mol. The molecule has 152 valence electrons. The molecule has 28 heavy (non-hydrogen) atoms. The highest BCUT2D eigenvalue weighted by Gasteiger charge is 2.30. The van der Waals surface area contributed by atoms with E-state index in [2.05, 4.69) is 6.92 Å². The molecule has 0 aromatic heterocycles. The van der Waals surface area contributed by atoms with Crippen LogP contribution in [-0.2, 0) is 4.79 Å². The van der Waals surface area contributed by atoms with Crippen molar-refractivity contribution in [1.29, 1.82) is 0 Å². The fourth-order valence-electron chi connectivity index (χ4n) is 3.29. The number of hydrogen-bond acceptors (Lipinski definition) is 5. The number of carbonyl (C=O) groups is 3. The summed E-state index contributed by atoms with van der Waals surface area (Å²) in [6.07, 6.45) is 2.98. The van der Waals surface area contributed by atoms with E-state index in [1.54, 1.807) is 11.9 Å². The highest BCUT2D eigenvalue weighted by atomic mass is 16.6. The first-order chi connectivity index (χ1) is 13.2. The largest absolute Gasteiger partial charge is 0.478 e. The van der Waals surface area contributed by atoms with Crippen LogP contribution in [0.15, 0.2) is 18.2 Å². The minimum Gasteiger partial charge on any atom is -0.478 e. The fourth-order valence-corrected chi connectivity index (χ4v) is 3.29. The highest BCUT2D eigenvalue weighted by Crippen LogP contribution is 2.23. The summed E-state index contributed by atoms with van der Waals surface area (Å²) in [6, 6.07) is 3.16. The Morgan fingerprint density at radius 2 is 1.82 bits per heavy atom. The molecule has 0 radical (unpaired) electrons. The van der Waals surface area contributed by atoms with Gasteiger partial charge in [-0.1, -0.05) is 13.3 Å². The number of likely N-dealkylation sites (tertiary alicyclic amines) is 1. The quantitative estimate of drug-likeness (QED) is 0.563. The van der Waals surface area contributed by atoms with Gasteiger partial charge in [0.1, 0.15) is 0 Å². The summed E-state index contributed by atoms with van der Waals surface area (Å²) in [5.41, 5.74) is -0.775. The number of unbranched alkanes of at least 4 members (excludes halogenated alkanes) is 1. The molecule has 0 saturated carbocycles. The first kappa shape index (κ1) is 21.3. The summed E-state index contributed by atoms with van der Waals surface area (Å²) in [4.78, 5) is 49.9. The third kappa shape index (κ3) is 5.05. The maximum absolute atomic E-state index is 12.7. The highest BCUT2D eigenvalue weighted by molar-refractivity contribution is 5.98. The van der Waals surface area contributed by atoms with Crippen molar-refractivity contribution in [2.45, 2.75) is 32.6 Å². The van der Waals surface area contributed by atoms with Crippen molar-refractivity contribution < 1.29 is 24.4 Å². The van der Waals surface area contributed by atoms with Crippen molar-refractivity contribution in [1.82, 2.24) is 9.80 Å². The zero-order valence-corrected chi connectivity index (χ0v) is 16.1. The molecule has 1 heterocycles. The Bertz CT molecular complexity index is 739. The number of carboxylic acids is 1. The van der Waals surface area contributed by atoms with E-state index in [4.69, 9.17) is 5.11 Å². The van der Waals surface area contributed by atoms with Crippen molar-refractivity contribution in [3.05, 3.63) is 39.4 Å². The van der Waals surface area contributed by atoms with Gasteiger partial charge in [0.25, 0.3) is 11.6 Å². The molecular weight excluding hydrogens is 366 g/mol. The van der Waals surface area contributed by atoms with Crippen LogP contribution >= 0.6 is 0 Å². The van der Waals surface area contributed by atoms with Crippen LogP contribution in [0, 0.1) is 16.0 Å². The minimum absolute atomic E-state index is 0.0311. The number of hydrogen-bond donors (Lipinski definition) is 1. The van der Waals surface area contributed by atoms with Crippen LogP contribution in [0.25, 0.3) is 0 Å². The minimum atomic E-state index is -1.34. The first-order valence-corrected chi connectivity index (χ1v) is 9.31. The second-order valence-electron chi connectivity index (χ2n) is 7.01. The lowest BCUT2D eigenvalue weighted by Crippen LogP contribution is -2.43. The first-order valence-electron chi connectivity index (χ1n) is 9.31. The molecule has 1 N–H and O–H groups in total. The van der Waals surface area contributed by atoms with Gasteiger partial charge in [0, 0.05) is 50.3 Å². The molecule has 2 amide bonds. The standard InChI is InChI=1S/C19H25N3O6/c1-3-4-7-20(2)17(23)13-5-8-21(9-6-13)18(24)14-10-15(19(25)26)12-16(11-14)22(27)28/h10-13H,3-9H2,1-2H3,(H,25,26). The molecule has 0 bridgehead atoms. The number of benzene rings is 1. The molecule has 1 aliphatic heterocycles. The molecule has 1 fully saturated rings. The van der Waals surface area contributed by atoms with E-state index in [-0.39, 0.29) is 23.0 Å². The number of carbonyl (C=O) groups excluding carboxylic acids is 2. The van der Waals surface area contributed by atoms with Gasteiger partial charge in [-0.2, -0.15) is 0 Å². The summed E-state index contributed by atoms with van der Waals surface area (Å²) in [5, 5.41) is 20.2. The SMILES string of the molecule is CCCCN(C)C(=O)C1CCN(C(=O)c2cc(C(=O)O)cc([N+](=O)[O-])c2)CC1. The molecule has 1 aromatic carbocycles. The molecule has 1 aromatic rings. The lowest BCUT2D eigenvalue weighted by atomic mass is 9.94. The summed E-state index contributed by atoms with van der Waals surface area (Å²) in [6.45, 7) is 3.47. The van der Waals surface area contributed by atoms with Gasteiger partial charge in [-0.15, -0.1) is 0 Å². The van der Waals surface area contributed by atoms with Gasteiger partial charge in [-0.25, -0.2) is 4.79 Å². The second-order valence-corrected chi connectivity index (χ2v) is 7.01. The summed E-state index contributed by atoms with van der Waals surface area (Å²) < 4.78 is 0. The fraction of sp³-hybridized carbons (Fsp3) is 0.526. The summed E-state index contributed by atoms with van der Waals surface area (Å²) in [5.74, 6) is -1.87. The predicted octanol–water partition coefficient (Wildman–Crippen LogP) is 2.40. The Balaban J connectivity index is 2.06. The van der Waals surface area contributed by atoms with E-state index >= 15 is 0 Å². The molecule has 0 aliphatic carbocycles. The van der Waals surface area contributed by atoms with Gasteiger partial charge in [0.2, 0.25) is 5.91 Å². The van der Waals surface area contributed by atoms with Crippen LogP contribution < -0.4 is 0 Å². The third-order valence-corrected chi connectivity index (χ3v) is 4.98. The Kier molecular flexibility index (Phi) is 7.08. The Morgan fingerprint density at radius 1 is 1.21 bits per heavy atom. The van der Waals surface area contributed by atoms with Crippen molar-refractivity contribution in [2.24, 2.45) is 5.92 Å². The van der Waals surface area contributed by atoms with Crippen LogP contribution in [0.3, 0.4) is 0 Å². The Labute approximate surface area is 163 Å². The summed E-state index contributed by atoms with van der Waals surface area (Å²) in [7, 11) is 1.78. The number of nitro groups is 1. The van der Waals surface area contributed by atoms with Crippen LogP contribution in [0.5, 0.6) is 0 Å². The molecule has 0 atom stereocenters. The predicted molar refractivity (Wildman–Crippen MR) is 101 cm³/mol. The third-order valence-electron chi connectivity index (χ3n) is 4.98. The van der Waals surface area contributed by atoms with Gasteiger partial charge >= 0.3 is 5.97 Å². The number of aromatic carboxylic acids is 1. The van der Waals surface area contributed by atoms with Crippen LogP contribution in [0.4, 0.5) is 5.69 Å². The van der Waals surface area contributed by atoms with E-state index in [1.165, 1.54) is 4.90 Å². The maximum Gasteiger partial charge on any atom is 0.335 e. The number of nitrogens with zero attached hydrogens (tertiary/aromatic N) is 3. The number of non-ortho nitro benzene ring substituents is 1. The van der Waals surface area contributed by atoms with Crippen molar-refractivity contribution in [2.75, 3.05) is 26.7 Å². The Hall–Kier alpha value is -2.97. The van der Waals surface area contributed by atoms with Gasteiger partial charge in [0.15, 0.2) is 0 Å². The van der Waals surface area contributed by atoms with E-state index in [9.17, 15) is 24.5 Å².